The van der Waals surface area contributed by atoms with Crippen LogP contribution >= 0.6 is 0 Å². The van der Waals surface area contributed by atoms with E-state index in [9.17, 15) is 0 Å². The first kappa shape index (κ1) is 11.1. The number of benzene rings is 1. The van der Waals surface area contributed by atoms with E-state index in [1.807, 2.05) is 0 Å². The molecule has 0 radical (unpaired) electrons. The monoisotopic (exact) mass is 229 g/mol. The molecule has 0 atom stereocenters. The summed E-state index contributed by atoms with van der Waals surface area (Å²) >= 11 is 0. The molecule has 1 aromatic carbocycles. The Kier molecular flexibility index (Phi) is 3.09. The molecule has 0 aliphatic heterocycles. The average Bonchev–Trinajstić information content (AvgIpc) is 3.02. The average molecular weight is 229 g/mol. The normalized spacial score (nSPS) is 22.4. The molecular weight excluding hydrogens is 206 g/mol. The molecule has 0 unspecified atom stereocenters. The predicted molar refractivity (Wildman–Crippen MR) is 73.3 cm³/mol. The number of anilines is 1. The fourth-order valence-electron chi connectivity index (χ4n) is 3.79. The van der Waals surface area contributed by atoms with Crippen molar-refractivity contribution in [1.82, 2.24) is 0 Å². The summed E-state index contributed by atoms with van der Waals surface area (Å²) in [6, 6.07) is 6.77. The summed E-state index contributed by atoms with van der Waals surface area (Å²) < 4.78 is 0. The fraction of sp³-hybridized carbons (Fsp3) is 0.625. The molecule has 17 heavy (non-hydrogen) atoms. The fourth-order valence-corrected chi connectivity index (χ4v) is 3.79. The molecule has 0 bridgehead atoms. The zero-order valence-electron chi connectivity index (χ0n) is 10.6. The Bertz CT molecular complexity index is 350. The Labute approximate surface area is 104 Å². The lowest BCUT2D eigenvalue weighted by molar-refractivity contribution is 0.705. The topological polar surface area (TPSA) is 26.0 Å². The SMILES string of the molecule is Nc1c(C2CCCC2)cccc1C1CCCC1. The third-order valence-electron chi connectivity index (χ3n) is 4.76. The highest BCUT2D eigenvalue weighted by molar-refractivity contribution is 5.57. The van der Waals surface area contributed by atoms with Gasteiger partial charge in [0.05, 0.1) is 0 Å². The molecule has 0 heterocycles. The van der Waals surface area contributed by atoms with Crippen LogP contribution in [-0.2, 0) is 0 Å². The van der Waals surface area contributed by atoms with Gasteiger partial charge in [0.15, 0.2) is 0 Å². The van der Waals surface area contributed by atoms with E-state index in [2.05, 4.69) is 18.2 Å². The summed E-state index contributed by atoms with van der Waals surface area (Å²) in [6.45, 7) is 0. The van der Waals surface area contributed by atoms with Crippen LogP contribution in [0.2, 0.25) is 0 Å². The highest BCUT2D eigenvalue weighted by Gasteiger charge is 2.24. The first-order chi connectivity index (χ1) is 8.36. The summed E-state index contributed by atoms with van der Waals surface area (Å²) in [5.41, 5.74) is 10.5. The Morgan fingerprint density at radius 2 is 1.18 bits per heavy atom. The van der Waals surface area contributed by atoms with Crippen molar-refractivity contribution in [2.75, 3.05) is 5.73 Å². The largest absolute Gasteiger partial charge is 0.398 e. The van der Waals surface area contributed by atoms with Crippen LogP contribution in [0.15, 0.2) is 18.2 Å². The van der Waals surface area contributed by atoms with Gasteiger partial charge in [-0.05, 0) is 48.6 Å². The van der Waals surface area contributed by atoms with Gasteiger partial charge in [0, 0.05) is 5.69 Å². The third-order valence-corrected chi connectivity index (χ3v) is 4.76. The quantitative estimate of drug-likeness (QED) is 0.738. The van der Waals surface area contributed by atoms with Gasteiger partial charge in [0.25, 0.3) is 0 Å². The maximum absolute atomic E-state index is 6.44. The van der Waals surface area contributed by atoms with Gasteiger partial charge in [-0.25, -0.2) is 0 Å². The van der Waals surface area contributed by atoms with Crippen molar-refractivity contribution in [3.8, 4) is 0 Å². The van der Waals surface area contributed by atoms with Crippen LogP contribution in [0.5, 0.6) is 0 Å². The van der Waals surface area contributed by atoms with Gasteiger partial charge in [-0.3, -0.25) is 0 Å². The maximum Gasteiger partial charge on any atom is 0.0384 e. The van der Waals surface area contributed by atoms with Gasteiger partial charge in [0.1, 0.15) is 0 Å². The third kappa shape index (κ3) is 2.08. The minimum Gasteiger partial charge on any atom is -0.398 e. The van der Waals surface area contributed by atoms with Crippen molar-refractivity contribution >= 4 is 5.69 Å². The van der Waals surface area contributed by atoms with Crippen LogP contribution in [0, 0.1) is 0 Å². The number of nitrogens with two attached hydrogens (primary N) is 1. The molecule has 2 N–H and O–H groups in total. The lowest BCUT2D eigenvalue weighted by atomic mass is 9.88. The Morgan fingerprint density at radius 1 is 0.765 bits per heavy atom. The molecule has 2 aliphatic rings. The second-order valence-corrected chi connectivity index (χ2v) is 5.81. The van der Waals surface area contributed by atoms with E-state index in [0.717, 1.165) is 17.5 Å². The van der Waals surface area contributed by atoms with E-state index in [1.165, 1.54) is 62.5 Å². The standard InChI is InChI=1S/C16H23N/c17-16-14(12-6-1-2-7-12)10-5-11-15(16)13-8-3-4-9-13/h5,10-13H,1-4,6-9,17H2. The molecular formula is C16H23N. The number of hydrogen-bond acceptors (Lipinski definition) is 1. The first-order valence-electron chi connectivity index (χ1n) is 7.24. The van der Waals surface area contributed by atoms with E-state index in [-0.39, 0.29) is 0 Å². The minimum absolute atomic E-state index is 0.747. The molecule has 2 aliphatic carbocycles. The zero-order chi connectivity index (χ0) is 11.7. The van der Waals surface area contributed by atoms with Crippen LogP contribution in [0.3, 0.4) is 0 Å². The second kappa shape index (κ2) is 4.72. The molecule has 0 amide bonds. The van der Waals surface area contributed by atoms with Crippen molar-refractivity contribution in [3.05, 3.63) is 29.3 Å². The summed E-state index contributed by atoms with van der Waals surface area (Å²) in [5.74, 6) is 1.49. The van der Waals surface area contributed by atoms with Crippen LogP contribution in [0.1, 0.15) is 74.3 Å². The highest BCUT2D eigenvalue weighted by atomic mass is 14.6. The van der Waals surface area contributed by atoms with Crippen LogP contribution in [0.25, 0.3) is 0 Å². The number of para-hydroxylation sites is 1. The Hall–Kier alpha value is -0.980. The van der Waals surface area contributed by atoms with E-state index in [1.54, 1.807) is 0 Å². The van der Waals surface area contributed by atoms with E-state index >= 15 is 0 Å². The number of rotatable bonds is 2. The van der Waals surface area contributed by atoms with Crippen molar-refractivity contribution in [2.24, 2.45) is 0 Å². The summed E-state index contributed by atoms with van der Waals surface area (Å²) in [4.78, 5) is 0. The van der Waals surface area contributed by atoms with Gasteiger partial charge in [-0.1, -0.05) is 43.9 Å². The lowest BCUT2D eigenvalue weighted by Gasteiger charge is -2.19. The zero-order valence-corrected chi connectivity index (χ0v) is 10.6. The molecule has 1 aromatic rings. The van der Waals surface area contributed by atoms with Gasteiger partial charge >= 0.3 is 0 Å². The second-order valence-electron chi connectivity index (χ2n) is 5.81. The van der Waals surface area contributed by atoms with Gasteiger partial charge in [0.2, 0.25) is 0 Å². The van der Waals surface area contributed by atoms with Gasteiger partial charge in [-0.15, -0.1) is 0 Å². The molecule has 1 heteroatoms. The number of hydrogen-bond donors (Lipinski definition) is 1. The molecule has 1 nitrogen and oxygen atoms in total. The molecule has 0 aromatic heterocycles. The minimum atomic E-state index is 0.747. The van der Waals surface area contributed by atoms with Crippen molar-refractivity contribution in [1.29, 1.82) is 0 Å². The summed E-state index contributed by atoms with van der Waals surface area (Å²) in [7, 11) is 0. The molecule has 0 spiro atoms. The predicted octanol–water partition coefficient (Wildman–Crippen LogP) is 4.58. The Balaban J connectivity index is 1.91. The smallest absolute Gasteiger partial charge is 0.0384 e. The molecule has 92 valence electrons. The van der Waals surface area contributed by atoms with Crippen LogP contribution in [0.4, 0.5) is 5.69 Å². The maximum atomic E-state index is 6.44. The molecule has 2 fully saturated rings. The molecule has 2 saturated carbocycles. The summed E-state index contributed by atoms with van der Waals surface area (Å²) in [6.07, 6.45) is 10.9. The molecule has 0 saturated heterocycles. The number of nitrogen functional groups attached to an aromatic ring is 1. The van der Waals surface area contributed by atoms with Crippen LogP contribution < -0.4 is 5.73 Å². The van der Waals surface area contributed by atoms with Gasteiger partial charge < -0.3 is 5.73 Å². The van der Waals surface area contributed by atoms with E-state index in [4.69, 9.17) is 5.73 Å². The first-order valence-corrected chi connectivity index (χ1v) is 7.24. The van der Waals surface area contributed by atoms with E-state index < -0.39 is 0 Å². The lowest BCUT2D eigenvalue weighted by Crippen LogP contribution is -2.05. The van der Waals surface area contributed by atoms with E-state index in [0.29, 0.717) is 0 Å². The molecule has 3 rings (SSSR count). The van der Waals surface area contributed by atoms with Crippen molar-refractivity contribution in [2.45, 2.75) is 63.2 Å². The van der Waals surface area contributed by atoms with Gasteiger partial charge in [-0.2, -0.15) is 0 Å². The highest BCUT2D eigenvalue weighted by Crippen LogP contribution is 2.42. The van der Waals surface area contributed by atoms with Crippen molar-refractivity contribution in [3.63, 3.8) is 0 Å². The Morgan fingerprint density at radius 3 is 1.59 bits per heavy atom. The summed E-state index contributed by atoms with van der Waals surface area (Å²) in [5, 5.41) is 0. The van der Waals surface area contributed by atoms with Crippen LogP contribution in [-0.4, -0.2) is 0 Å². The van der Waals surface area contributed by atoms with Crippen molar-refractivity contribution < 1.29 is 0 Å².